The molecule has 0 bridgehead atoms. The van der Waals surface area contributed by atoms with E-state index in [1.54, 1.807) is 0 Å². The largest absolute Gasteiger partial charge is 0.379 e. The van der Waals surface area contributed by atoms with Crippen LogP contribution < -0.4 is 10.2 Å². The summed E-state index contributed by atoms with van der Waals surface area (Å²) in [5, 5.41) is 3.79. The molecule has 2 rings (SSSR count). The first kappa shape index (κ1) is 15.1. The molecule has 0 amide bonds. The van der Waals surface area contributed by atoms with Crippen LogP contribution in [0.3, 0.4) is 0 Å². The normalized spacial score (nSPS) is 26.6. The van der Waals surface area contributed by atoms with Crippen LogP contribution in [0.4, 0.5) is 11.4 Å². The van der Waals surface area contributed by atoms with Crippen LogP contribution in [0, 0.1) is 17.8 Å². The molecule has 0 radical (unpaired) electrons. The van der Waals surface area contributed by atoms with Crippen molar-refractivity contribution >= 4 is 11.4 Å². The minimum Gasteiger partial charge on any atom is -0.379 e. The van der Waals surface area contributed by atoms with Gasteiger partial charge in [-0.2, -0.15) is 0 Å². The number of anilines is 2. The lowest BCUT2D eigenvalue weighted by molar-refractivity contribution is 0.212. The van der Waals surface area contributed by atoms with Gasteiger partial charge in [0, 0.05) is 26.3 Å². The topological polar surface area (TPSA) is 28.2 Å². The Kier molecular flexibility index (Phi) is 4.90. The first-order valence-electron chi connectivity index (χ1n) is 7.87. The monoisotopic (exact) mass is 275 g/mol. The van der Waals surface area contributed by atoms with Crippen molar-refractivity contribution in [2.75, 3.05) is 24.3 Å². The minimum atomic E-state index is 0.571. The van der Waals surface area contributed by atoms with Crippen LogP contribution in [0.5, 0.6) is 0 Å². The van der Waals surface area contributed by atoms with E-state index in [0.29, 0.717) is 6.04 Å². The van der Waals surface area contributed by atoms with Crippen molar-refractivity contribution in [1.82, 2.24) is 4.98 Å². The van der Waals surface area contributed by atoms with Crippen LogP contribution in [0.15, 0.2) is 18.5 Å². The Hall–Kier alpha value is -1.25. The van der Waals surface area contributed by atoms with Crippen LogP contribution in [0.2, 0.25) is 0 Å². The number of rotatable bonds is 4. The zero-order valence-corrected chi connectivity index (χ0v) is 13.6. The lowest BCUT2D eigenvalue weighted by Gasteiger charge is -2.38. The summed E-state index contributed by atoms with van der Waals surface area (Å²) in [6.07, 6.45) is 7.81. The van der Waals surface area contributed by atoms with Crippen molar-refractivity contribution in [3.8, 4) is 0 Å². The second kappa shape index (κ2) is 6.47. The Bertz CT molecular complexity index is 428. The summed E-state index contributed by atoms with van der Waals surface area (Å²) in [6.45, 7) is 7.08. The summed E-state index contributed by atoms with van der Waals surface area (Å²) < 4.78 is 0. The highest BCUT2D eigenvalue weighted by Gasteiger charge is 2.31. The highest BCUT2D eigenvalue weighted by molar-refractivity contribution is 5.68. The van der Waals surface area contributed by atoms with Gasteiger partial charge in [-0.15, -0.1) is 0 Å². The third kappa shape index (κ3) is 3.44. The second-order valence-electron chi connectivity index (χ2n) is 6.86. The molecule has 3 heteroatoms. The zero-order chi connectivity index (χ0) is 14.7. The van der Waals surface area contributed by atoms with Crippen molar-refractivity contribution < 1.29 is 0 Å². The van der Waals surface area contributed by atoms with Crippen LogP contribution in [-0.2, 0) is 0 Å². The summed E-state index contributed by atoms with van der Waals surface area (Å²) in [6, 6.07) is 2.65. The highest BCUT2D eigenvalue weighted by atomic mass is 15.1. The van der Waals surface area contributed by atoms with E-state index in [0.717, 1.165) is 17.8 Å². The molecule has 3 nitrogen and oxygen atoms in total. The Morgan fingerprint density at radius 1 is 1.30 bits per heavy atom. The Labute approximate surface area is 123 Å². The third-order valence-electron chi connectivity index (χ3n) is 4.64. The van der Waals surface area contributed by atoms with Crippen LogP contribution in [0.25, 0.3) is 0 Å². The number of nitrogens with one attached hydrogen (secondary N) is 1. The fourth-order valence-electron chi connectivity index (χ4n) is 3.46. The van der Waals surface area contributed by atoms with Crippen molar-refractivity contribution in [3.05, 3.63) is 18.5 Å². The molecule has 1 aliphatic carbocycles. The van der Waals surface area contributed by atoms with Crippen molar-refractivity contribution in [2.24, 2.45) is 17.8 Å². The molecular formula is C17H29N3. The van der Waals surface area contributed by atoms with Gasteiger partial charge in [-0.3, -0.25) is 4.98 Å². The Balaban J connectivity index is 2.18. The fraction of sp³-hybridized carbons (Fsp3) is 0.706. The second-order valence-corrected chi connectivity index (χ2v) is 6.86. The molecular weight excluding hydrogens is 246 g/mol. The van der Waals surface area contributed by atoms with Crippen molar-refractivity contribution in [1.29, 1.82) is 0 Å². The molecule has 1 N–H and O–H groups in total. The molecule has 0 aliphatic heterocycles. The molecule has 20 heavy (non-hydrogen) atoms. The van der Waals surface area contributed by atoms with Crippen molar-refractivity contribution in [3.63, 3.8) is 0 Å². The molecule has 0 saturated heterocycles. The number of pyridine rings is 1. The summed E-state index contributed by atoms with van der Waals surface area (Å²) in [5.74, 6) is 2.32. The van der Waals surface area contributed by atoms with E-state index < -0.39 is 0 Å². The quantitative estimate of drug-likeness (QED) is 0.899. The molecule has 112 valence electrons. The van der Waals surface area contributed by atoms with E-state index in [2.05, 4.69) is 56.1 Å². The summed E-state index contributed by atoms with van der Waals surface area (Å²) >= 11 is 0. The van der Waals surface area contributed by atoms with E-state index in [-0.39, 0.29) is 0 Å². The number of hydrogen-bond acceptors (Lipinski definition) is 3. The summed E-state index contributed by atoms with van der Waals surface area (Å²) in [7, 11) is 4.17. The molecule has 1 aromatic rings. The van der Waals surface area contributed by atoms with Gasteiger partial charge in [-0.25, -0.2) is 0 Å². The molecule has 3 unspecified atom stereocenters. The van der Waals surface area contributed by atoms with E-state index in [1.165, 1.54) is 30.6 Å². The predicted molar refractivity (Wildman–Crippen MR) is 87.3 cm³/mol. The van der Waals surface area contributed by atoms with Gasteiger partial charge in [0.25, 0.3) is 0 Å². The van der Waals surface area contributed by atoms with Gasteiger partial charge >= 0.3 is 0 Å². The molecule has 3 atom stereocenters. The van der Waals surface area contributed by atoms with Crippen LogP contribution in [-0.4, -0.2) is 25.1 Å². The maximum Gasteiger partial charge on any atom is 0.0766 e. The van der Waals surface area contributed by atoms with E-state index in [4.69, 9.17) is 0 Å². The first-order valence-corrected chi connectivity index (χ1v) is 7.87. The molecule has 0 aromatic carbocycles. The van der Waals surface area contributed by atoms with Gasteiger partial charge in [0.15, 0.2) is 0 Å². The summed E-state index contributed by atoms with van der Waals surface area (Å²) in [5.41, 5.74) is 2.39. The molecule has 1 aliphatic rings. The minimum absolute atomic E-state index is 0.571. The van der Waals surface area contributed by atoms with Gasteiger partial charge in [-0.1, -0.05) is 27.2 Å². The highest BCUT2D eigenvalue weighted by Crippen LogP contribution is 2.36. The van der Waals surface area contributed by atoms with Gasteiger partial charge in [0.05, 0.1) is 17.6 Å². The van der Waals surface area contributed by atoms with Crippen LogP contribution >= 0.6 is 0 Å². The van der Waals surface area contributed by atoms with Crippen LogP contribution in [0.1, 0.15) is 40.0 Å². The van der Waals surface area contributed by atoms with E-state index in [9.17, 15) is 0 Å². The van der Waals surface area contributed by atoms with Gasteiger partial charge < -0.3 is 10.2 Å². The lowest BCUT2D eigenvalue weighted by Crippen LogP contribution is -2.38. The molecule has 1 aromatic heterocycles. The Morgan fingerprint density at radius 2 is 2.05 bits per heavy atom. The maximum absolute atomic E-state index is 4.29. The molecule has 1 saturated carbocycles. The zero-order valence-electron chi connectivity index (χ0n) is 13.6. The standard InChI is InChI=1S/C17H29N3/c1-12(2)14-7-6-13(3)10-15(14)19-16-11-18-9-8-17(16)20(4)5/h8-9,11-15,19H,6-7,10H2,1-5H3. The average Bonchev–Trinajstić information content (AvgIpc) is 2.38. The summed E-state index contributed by atoms with van der Waals surface area (Å²) in [4.78, 5) is 6.45. The molecule has 1 heterocycles. The molecule has 0 spiro atoms. The predicted octanol–water partition coefficient (Wildman–Crippen LogP) is 4.02. The van der Waals surface area contributed by atoms with E-state index >= 15 is 0 Å². The average molecular weight is 275 g/mol. The SMILES string of the molecule is CC1CCC(C(C)C)C(Nc2cnccc2N(C)C)C1. The number of nitrogens with zero attached hydrogens (tertiary/aromatic N) is 2. The van der Waals surface area contributed by atoms with E-state index in [1.807, 2.05) is 12.4 Å². The number of hydrogen-bond donors (Lipinski definition) is 1. The van der Waals surface area contributed by atoms with Crippen molar-refractivity contribution in [2.45, 2.75) is 46.1 Å². The van der Waals surface area contributed by atoms with Gasteiger partial charge in [-0.05, 0) is 36.7 Å². The molecule has 1 fully saturated rings. The Morgan fingerprint density at radius 3 is 2.70 bits per heavy atom. The van der Waals surface area contributed by atoms with Gasteiger partial charge in [0.2, 0.25) is 0 Å². The number of aromatic nitrogens is 1. The van der Waals surface area contributed by atoms with Gasteiger partial charge in [0.1, 0.15) is 0 Å². The maximum atomic E-state index is 4.29. The smallest absolute Gasteiger partial charge is 0.0766 e. The third-order valence-corrected chi connectivity index (χ3v) is 4.64. The first-order chi connectivity index (χ1) is 9.49. The lowest BCUT2D eigenvalue weighted by atomic mass is 9.74. The fourth-order valence-corrected chi connectivity index (χ4v) is 3.46.